The summed E-state index contributed by atoms with van der Waals surface area (Å²) in [7, 11) is 0. The summed E-state index contributed by atoms with van der Waals surface area (Å²) in [5.74, 6) is 0. The second-order valence-electron chi connectivity index (χ2n) is 12.4. The summed E-state index contributed by atoms with van der Waals surface area (Å²) in [5, 5.41) is 2.24. The molecule has 51 heavy (non-hydrogen) atoms. The summed E-state index contributed by atoms with van der Waals surface area (Å²) in [6, 6.07) is 70.2. The highest BCUT2D eigenvalue weighted by Crippen LogP contribution is 2.38. The predicted octanol–water partition coefficient (Wildman–Crippen LogP) is 12.3. The van der Waals surface area contributed by atoms with E-state index in [2.05, 4.69) is 239 Å². The lowest BCUT2D eigenvalue weighted by molar-refractivity contribution is 0.710. The standard InChI is InChI=1S/C47H38N4/c1-6-16-40(17-7-1)49(41-18-8-2-9-19-41)44-32-27-37(28-33-44)26-31-39-36-47(51(48-39)46-24-14-5-15-25-46)38-29-34-45(35-30-38)50(42-20-10-3-11-21-42)43-22-12-4-13-23-43/h1-36,47-48H. The molecule has 4 heteroatoms. The fourth-order valence-electron chi connectivity index (χ4n) is 6.59. The van der Waals surface area contributed by atoms with E-state index in [4.69, 9.17) is 0 Å². The van der Waals surface area contributed by atoms with Gasteiger partial charge in [0, 0.05) is 34.1 Å². The Morgan fingerprint density at radius 1 is 0.392 bits per heavy atom. The molecule has 1 aliphatic heterocycles. The average molecular weight is 659 g/mol. The molecule has 0 spiro atoms. The first-order valence-corrected chi connectivity index (χ1v) is 17.3. The molecule has 8 rings (SSSR count). The quantitative estimate of drug-likeness (QED) is 0.158. The molecule has 0 aliphatic carbocycles. The van der Waals surface area contributed by atoms with Crippen LogP contribution >= 0.6 is 0 Å². The molecule has 246 valence electrons. The van der Waals surface area contributed by atoms with Gasteiger partial charge in [-0.15, -0.1) is 0 Å². The minimum absolute atomic E-state index is 0.00989. The Kier molecular flexibility index (Phi) is 9.12. The molecule has 1 N–H and O–H groups in total. The van der Waals surface area contributed by atoms with Crippen LogP contribution in [0.4, 0.5) is 39.8 Å². The molecule has 0 aromatic heterocycles. The maximum absolute atomic E-state index is 3.68. The van der Waals surface area contributed by atoms with Gasteiger partial charge in [-0.25, -0.2) is 0 Å². The van der Waals surface area contributed by atoms with Crippen molar-refractivity contribution in [2.75, 3.05) is 14.8 Å². The lowest BCUT2D eigenvalue weighted by Crippen LogP contribution is -2.34. The lowest BCUT2D eigenvalue weighted by atomic mass is 10.0. The summed E-state index contributed by atoms with van der Waals surface area (Å²) in [6.45, 7) is 0. The van der Waals surface area contributed by atoms with Crippen LogP contribution in [0.3, 0.4) is 0 Å². The molecule has 1 unspecified atom stereocenters. The van der Waals surface area contributed by atoms with E-state index in [1.807, 2.05) is 0 Å². The van der Waals surface area contributed by atoms with Gasteiger partial charge in [-0.2, -0.15) is 0 Å². The molecule has 7 aromatic rings. The number of hydrazine groups is 1. The zero-order valence-corrected chi connectivity index (χ0v) is 28.2. The zero-order chi connectivity index (χ0) is 34.2. The minimum Gasteiger partial charge on any atom is -0.311 e. The van der Waals surface area contributed by atoms with Gasteiger partial charge in [0.05, 0.1) is 17.4 Å². The topological polar surface area (TPSA) is 21.8 Å². The van der Waals surface area contributed by atoms with E-state index in [0.717, 1.165) is 51.1 Å². The monoisotopic (exact) mass is 658 g/mol. The number of rotatable bonds is 10. The third kappa shape index (κ3) is 7.03. The van der Waals surface area contributed by atoms with Crippen molar-refractivity contribution in [3.63, 3.8) is 0 Å². The van der Waals surface area contributed by atoms with E-state index in [1.165, 1.54) is 5.56 Å². The number of nitrogens with zero attached hydrogens (tertiary/aromatic N) is 3. The first-order valence-electron chi connectivity index (χ1n) is 17.3. The molecular formula is C47H38N4. The maximum Gasteiger partial charge on any atom is 0.0958 e. The molecule has 1 heterocycles. The fraction of sp³-hybridized carbons (Fsp3) is 0.0213. The van der Waals surface area contributed by atoms with Crippen molar-refractivity contribution in [1.29, 1.82) is 0 Å². The van der Waals surface area contributed by atoms with Crippen LogP contribution in [0.25, 0.3) is 6.08 Å². The Morgan fingerprint density at radius 3 is 1.20 bits per heavy atom. The Balaban J connectivity index is 1.06. The van der Waals surface area contributed by atoms with Crippen LogP contribution in [-0.4, -0.2) is 0 Å². The smallest absolute Gasteiger partial charge is 0.0958 e. The van der Waals surface area contributed by atoms with Crippen molar-refractivity contribution in [1.82, 2.24) is 5.43 Å². The van der Waals surface area contributed by atoms with E-state index in [0.29, 0.717) is 0 Å². The molecule has 0 saturated carbocycles. The predicted molar refractivity (Wildman–Crippen MR) is 214 cm³/mol. The fourth-order valence-corrected chi connectivity index (χ4v) is 6.59. The van der Waals surface area contributed by atoms with Gasteiger partial charge >= 0.3 is 0 Å². The first kappa shape index (κ1) is 31.5. The van der Waals surface area contributed by atoms with Crippen LogP contribution < -0.4 is 20.2 Å². The number of para-hydroxylation sites is 5. The van der Waals surface area contributed by atoms with Crippen molar-refractivity contribution in [3.8, 4) is 0 Å². The molecule has 1 atom stereocenters. The van der Waals surface area contributed by atoms with Gasteiger partial charge in [0.15, 0.2) is 0 Å². The van der Waals surface area contributed by atoms with E-state index in [-0.39, 0.29) is 6.04 Å². The highest BCUT2D eigenvalue weighted by atomic mass is 15.5. The normalized spacial score (nSPS) is 13.8. The third-order valence-corrected chi connectivity index (χ3v) is 9.06. The average Bonchev–Trinajstić information content (AvgIpc) is 3.65. The minimum atomic E-state index is 0.00989. The van der Waals surface area contributed by atoms with Crippen LogP contribution in [0.15, 0.2) is 218 Å². The van der Waals surface area contributed by atoms with Gasteiger partial charge in [-0.3, -0.25) is 10.4 Å². The lowest BCUT2D eigenvalue weighted by Gasteiger charge is -2.29. The van der Waals surface area contributed by atoms with Crippen molar-refractivity contribution >= 4 is 45.9 Å². The molecule has 7 aromatic carbocycles. The molecule has 0 amide bonds. The molecule has 0 saturated heterocycles. The van der Waals surface area contributed by atoms with Gasteiger partial charge < -0.3 is 9.80 Å². The van der Waals surface area contributed by atoms with E-state index < -0.39 is 0 Å². The van der Waals surface area contributed by atoms with Gasteiger partial charge in [-0.1, -0.05) is 121 Å². The van der Waals surface area contributed by atoms with Crippen molar-refractivity contribution in [2.24, 2.45) is 0 Å². The van der Waals surface area contributed by atoms with E-state index >= 15 is 0 Å². The Bertz CT molecular complexity index is 2120. The summed E-state index contributed by atoms with van der Waals surface area (Å²) in [5.41, 5.74) is 14.9. The number of allylic oxidation sites excluding steroid dienone is 1. The van der Waals surface area contributed by atoms with Crippen molar-refractivity contribution < 1.29 is 0 Å². The maximum atomic E-state index is 3.68. The van der Waals surface area contributed by atoms with E-state index in [1.54, 1.807) is 0 Å². The SMILES string of the molecule is C(=Cc1ccc(N(c2ccccc2)c2ccccc2)cc1)C1=CC(c2ccc(N(c3ccccc3)c3ccccc3)cc2)N(c2ccccc2)N1. The number of hydrogen-bond donors (Lipinski definition) is 1. The van der Waals surface area contributed by atoms with E-state index in [9.17, 15) is 0 Å². The molecule has 1 aliphatic rings. The highest BCUT2D eigenvalue weighted by molar-refractivity contribution is 5.78. The number of nitrogens with one attached hydrogen (secondary N) is 1. The summed E-state index contributed by atoms with van der Waals surface area (Å²) >= 11 is 0. The second kappa shape index (κ2) is 14.8. The van der Waals surface area contributed by atoms with Gasteiger partial charge in [0.1, 0.15) is 0 Å². The Morgan fingerprint density at radius 2 is 0.765 bits per heavy atom. The van der Waals surface area contributed by atoms with Crippen LogP contribution in [0, 0.1) is 0 Å². The molecule has 0 radical (unpaired) electrons. The molecule has 4 nitrogen and oxygen atoms in total. The summed E-state index contributed by atoms with van der Waals surface area (Å²) < 4.78 is 0. The number of hydrogen-bond acceptors (Lipinski definition) is 4. The molecule has 0 fully saturated rings. The number of benzene rings is 7. The Hall–Kier alpha value is -6.78. The molecular weight excluding hydrogens is 621 g/mol. The van der Waals surface area contributed by atoms with Crippen LogP contribution in [0.2, 0.25) is 0 Å². The van der Waals surface area contributed by atoms with Gasteiger partial charge in [0.2, 0.25) is 0 Å². The largest absolute Gasteiger partial charge is 0.311 e. The van der Waals surface area contributed by atoms with Gasteiger partial charge in [0.25, 0.3) is 0 Å². The summed E-state index contributed by atoms with van der Waals surface area (Å²) in [4.78, 5) is 4.57. The summed E-state index contributed by atoms with van der Waals surface area (Å²) in [6.07, 6.45) is 6.63. The molecule has 0 bridgehead atoms. The number of anilines is 7. The highest BCUT2D eigenvalue weighted by Gasteiger charge is 2.26. The van der Waals surface area contributed by atoms with Crippen LogP contribution in [0.1, 0.15) is 17.2 Å². The first-order chi connectivity index (χ1) is 25.3. The third-order valence-electron chi connectivity index (χ3n) is 9.06. The van der Waals surface area contributed by atoms with Gasteiger partial charge in [-0.05, 0) is 108 Å². The zero-order valence-electron chi connectivity index (χ0n) is 28.2. The van der Waals surface area contributed by atoms with Crippen LogP contribution in [0.5, 0.6) is 0 Å². The second-order valence-corrected chi connectivity index (χ2v) is 12.4. The van der Waals surface area contributed by atoms with Crippen molar-refractivity contribution in [3.05, 3.63) is 229 Å². The van der Waals surface area contributed by atoms with Crippen LogP contribution in [-0.2, 0) is 0 Å². The Labute approximate surface area is 300 Å². The van der Waals surface area contributed by atoms with Crippen molar-refractivity contribution in [2.45, 2.75) is 6.04 Å².